The Morgan fingerprint density at radius 3 is 2.73 bits per heavy atom. The maximum absolute atomic E-state index is 5.62. The van der Waals surface area contributed by atoms with E-state index < -0.39 is 0 Å². The average Bonchev–Trinajstić information content (AvgIpc) is 2.97. The average molecular weight is 210 g/mol. The first kappa shape index (κ1) is 10.6. The molecule has 1 saturated carbocycles. The Balaban J connectivity index is 2.08. The van der Waals surface area contributed by atoms with Gasteiger partial charge in [0.25, 0.3) is 0 Å². The Labute approximate surface area is 89.6 Å². The normalized spacial score (nSPS) is 15.9. The lowest BCUT2D eigenvalue weighted by Gasteiger charge is -2.08. The van der Waals surface area contributed by atoms with Gasteiger partial charge in [0.05, 0.1) is 13.2 Å². The molecule has 5 heteroatoms. The second-order valence-electron chi connectivity index (χ2n) is 4.03. The predicted molar refractivity (Wildman–Crippen MR) is 56.2 cm³/mol. The quantitative estimate of drug-likeness (QED) is 0.735. The van der Waals surface area contributed by atoms with Crippen LogP contribution in [0.5, 0.6) is 0 Å². The molecule has 0 amide bonds. The summed E-state index contributed by atoms with van der Waals surface area (Å²) in [5.74, 6) is 2.75. The molecule has 1 fully saturated rings. The minimum atomic E-state index is 0.446. The molecule has 1 aromatic heterocycles. The van der Waals surface area contributed by atoms with Crippen molar-refractivity contribution in [2.24, 2.45) is 11.7 Å². The lowest BCUT2D eigenvalue weighted by molar-refractivity contribution is 0.185. The van der Waals surface area contributed by atoms with Crippen molar-refractivity contribution in [3.63, 3.8) is 0 Å². The van der Waals surface area contributed by atoms with Crippen LogP contribution in [0, 0.1) is 5.92 Å². The number of ether oxygens (including phenoxy) is 1. The highest BCUT2D eigenvalue weighted by Crippen LogP contribution is 2.32. The zero-order valence-electron chi connectivity index (χ0n) is 9.15. The van der Waals surface area contributed by atoms with Crippen LogP contribution in [0.4, 0.5) is 0 Å². The highest BCUT2D eigenvalue weighted by atomic mass is 16.5. The van der Waals surface area contributed by atoms with Gasteiger partial charge in [0.2, 0.25) is 0 Å². The molecule has 1 aliphatic rings. The SMILES string of the molecule is COCCn1c(CN)nnc1CC1CC1. The van der Waals surface area contributed by atoms with E-state index in [0.29, 0.717) is 13.2 Å². The van der Waals surface area contributed by atoms with E-state index in [1.165, 1.54) is 12.8 Å². The number of aromatic nitrogens is 3. The van der Waals surface area contributed by atoms with Gasteiger partial charge in [-0.1, -0.05) is 0 Å². The Bertz CT molecular complexity index is 319. The van der Waals surface area contributed by atoms with Crippen LogP contribution in [-0.4, -0.2) is 28.5 Å². The molecule has 15 heavy (non-hydrogen) atoms. The molecule has 0 atom stereocenters. The van der Waals surface area contributed by atoms with Crippen molar-refractivity contribution in [3.05, 3.63) is 11.6 Å². The summed E-state index contributed by atoms with van der Waals surface area (Å²) in [5.41, 5.74) is 5.62. The van der Waals surface area contributed by atoms with Crippen LogP contribution in [0.15, 0.2) is 0 Å². The summed E-state index contributed by atoms with van der Waals surface area (Å²) in [5, 5.41) is 8.30. The van der Waals surface area contributed by atoms with Crippen LogP contribution in [0.2, 0.25) is 0 Å². The van der Waals surface area contributed by atoms with Crippen molar-refractivity contribution in [1.82, 2.24) is 14.8 Å². The molecule has 1 aliphatic carbocycles. The van der Waals surface area contributed by atoms with Gasteiger partial charge in [-0.25, -0.2) is 0 Å². The van der Waals surface area contributed by atoms with E-state index in [2.05, 4.69) is 14.8 Å². The molecule has 0 bridgehead atoms. The van der Waals surface area contributed by atoms with Gasteiger partial charge in [0, 0.05) is 20.1 Å². The number of nitrogens with zero attached hydrogens (tertiary/aromatic N) is 3. The first-order chi connectivity index (χ1) is 7.35. The molecule has 0 saturated heterocycles. The molecule has 84 valence electrons. The van der Waals surface area contributed by atoms with Crippen LogP contribution >= 0.6 is 0 Å². The Kier molecular flexibility index (Phi) is 3.33. The minimum Gasteiger partial charge on any atom is -0.383 e. The molecular formula is C10H18N4O. The van der Waals surface area contributed by atoms with Gasteiger partial charge >= 0.3 is 0 Å². The van der Waals surface area contributed by atoms with Crippen molar-refractivity contribution in [2.45, 2.75) is 32.4 Å². The monoisotopic (exact) mass is 210 g/mol. The third-order valence-electron chi connectivity index (χ3n) is 2.77. The molecular weight excluding hydrogens is 192 g/mol. The molecule has 1 aromatic rings. The molecule has 0 unspecified atom stereocenters. The Morgan fingerprint density at radius 1 is 1.40 bits per heavy atom. The van der Waals surface area contributed by atoms with Crippen molar-refractivity contribution >= 4 is 0 Å². The van der Waals surface area contributed by atoms with Gasteiger partial charge in [0.1, 0.15) is 11.6 Å². The molecule has 2 rings (SSSR count). The zero-order chi connectivity index (χ0) is 10.7. The lowest BCUT2D eigenvalue weighted by atomic mass is 10.3. The van der Waals surface area contributed by atoms with Crippen LogP contribution < -0.4 is 5.73 Å². The largest absolute Gasteiger partial charge is 0.383 e. The van der Waals surface area contributed by atoms with Crippen molar-refractivity contribution in [2.75, 3.05) is 13.7 Å². The molecule has 0 aliphatic heterocycles. The van der Waals surface area contributed by atoms with Crippen molar-refractivity contribution in [1.29, 1.82) is 0 Å². The third kappa shape index (κ3) is 2.54. The Morgan fingerprint density at radius 2 is 2.13 bits per heavy atom. The summed E-state index contributed by atoms with van der Waals surface area (Å²) in [6, 6.07) is 0. The molecule has 2 N–H and O–H groups in total. The molecule has 5 nitrogen and oxygen atoms in total. The molecule has 0 spiro atoms. The fourth-order valence-corrected chi connectivity index (χ4v) is 1.70. The fourth-order valence-electron chi connectivity index (χ4n) is 1.70. The summed E-state index contributed by atoms with van der Waals surface area (Å²) in [7, 11) is 1.70. The molecule has 0 radical (unpaired) electrons. The minimum absolute atomic E-state index is 0.446. The van der Waals surface area contributed by atoms with E-state index in [9.17, 15) is 0 Å². The van der Waals surface area contributed by atoms with Gasteiger partial charge in [0.15, 0.2) is 0 Å². The van der Waals surface area contributed by atoms with E-state index in [1.807, 2.05) is 0 Å². The molecule has 1 heterocycles. The van der Waals surface area contributed by atoms with Gasteiger partial charge in [-0.3, -0.25) is 0 Å². The van der Waals surface area contributed by atoms with Crippen LogP contribution in [-0.2, 0) is 24.2 Å². The number of hydrogen-bond donors (Lipinski definition) is 1. The lowest BCUT2D eigenvalue weighted by Crippen LogP contribution is -2.14. The summed E-state index contributed by atoms with van der Waals surface area (Å²) in [4.78, 5) is 0. The standard InChI is InChI=1S/C10H18N4O/c1-15-5-4-14-9(6-8-2-3-8)12-13-10(14)7-11/h8H,2-7,11H2,1H3. The number of hydrogen-bond acceptors (Lipinski definition) is 4. The maximum atomic E-state index is 5.62. The maximum Gasteiger partial charge on any atom is 0.146 e. The topological polar surface area (TPSA) is 66.0 Å². The van der Waals surface area contributed by atoms with Crippen molar-refractivity contribution in [3.8, 4) is 0 Å². The predicted octanol–water partition coefficient (Wildman–Crippen LogP) is 0.336. The summed E-state index contributed by atoms with van der Waals surface area (Å²) in [6.45, 7) is 1.93. The van der Waals surface area contributed by atoms with Crippen LogP contribution in [0.1, 0.15) is 24.5 Å². The first-order valence-electron chi connectivity index (χ1n) is 5.45. The van der Waals surface area contributed by atoms with E-state index in [0.717, 1.165) is 30.5 Å². The van der Waals surface area contributed by atoms with Gasteiger partial charge in [-0.15, -0.1) is 10.2 Å². The summed E-state index contributed by atoms with van der Waals surface area (Å²) < 4.78 is 7.17. The van der Waals surface area contributed by atoms with Gasteiger partial charge in [-0.2, -0.15) is 0 Å². The fraction of sp³-hybridized carbons (Fsp3) is 0.800. The highest BCUT2D eigenvalue weighted by Gasteiger charge is 2.24. The number of methoxy groups -OCH3 is 1. The van der Waals surface area contributed by atoms with Crippen LogP contribution in [0.3, 0.4) is 0 Å². The van der Waals surface area contributed by atoms with Crippen LogP contribution in [0.25, 0.3) is 0 Å². The van der Waals surface area contributed by atoms with Crippen molar-refractivity contribution < 1.29 is 4.74 Å². The van der Waals surface area contributed by atoms with Gasteiger partial charge in [-0.05, 0) is 18.8 Å². The number of rotatable bonds is 6. The first-order valence-corrected chi connectivity index (χ1v) is 5.45. The van der Waals surface area contributed by atoms with E-state index in [-0.39, 0.29) is 0 Å². The molecule has 0 aromatic carbocycles. The second-order valence-corrected chi connectivity index (χ2v) is 4.03. The Hall–Kier alpha value is -0.940. The van der Waals surface area contributed by atoms with E-state index in [1.54, 1.807) is 7.11 Å². The highest BCUT2D eigenvalue weighted by molar-refractivity contribution is 4.99. The van der Waals surface area contributed by atoms with E-state index >= 15 is 0 Å². The summed E-state index contributed by atoms with van der Waals surface area (Å²) in [6.07, 6.45) is 3.70. The van der Waals surface area contributed by atoms with Gasteiger partial charge < -0.3 is 15.0 Å². The van der Waals surface area contributed by atoms with E-state index in [4.69, 9.17) is 10.5 Å². The summed E-state index contributed by atoms with van der Waals surface area (Å²) >= 11 is 0. The third-order valence-corrected chi connectivity index (χ3v) is 2.77. The smallest absolute Gasteiger partial charge is 0.146 e. The second kappa shape index (κ2) is 4.72. The zero-order valence-corrected chi connectivity index (χ0v) is 9.15. The number of nitrogens with two attached hydrogens (primary N) is 1.